The molecule has 7 heteroatoms. The van der Waals surface area contributed by atoms with E-state index >= 15 is 0 Å². The molecule has 2 aliphatic rings. The number of hydrogen-bond acceptors (Lipinski definition) is 6. The molecule has 2 fully saturated rings. The van der Waals surface area contributed by atoms with Gasteiger partial charge in [-0.15, -0.1) is 0 Å². The Morgan fingerprint density at radius 1 is 0.938 bits per heavy atom. The summed E-state index contributed by atoms with van der Waals surface area (Å²) in [6.45, 7) is 4.01. The molecule has 0 unspecified atom stereocenters. The topological polar surface area (TPSA) is 72.6 Å². The SMILES string of the molecule is CCc1ncccc1-c1cc2cnn(C3CCN(c4ncc(C5CC5)cn4)CC3)c2cn1. The number of anilines is 1. The molecule has 4 aromatic rings. The first-order valence-electron chi connectivity index (χ1n) is 11.6. The third-order valence-corrected chi connectivity index (χ3v) is 6.78. The molecule has 0 bridgehead atoms. The molecule has 1 aliphatic heterocycles. The summed E-state index contributed by atoms with van der Waals surface area (Å²) < 4.78 is 2.16. The number of hydrogen-bond donors (Lipinski definition) is 0. The first kappa shape index (κ1) is 19.3. The van der Waals surface area contributed by atoms with Gasteiger partial charge < -0.3 is 4.90 Å². The van der Waals surface area contributed by atoms with Crippen molar-refractivity contribution < 1.29 is 0 Å². The fourth-order valence-corrected chi connectivity index (χ4v) is 4.77. The zero-order valence-electron chi connectivity index (χ0n) is 18.4. The van der Waals surface area contributed by atoms with Gasteiger partial charge in [0.05, 0.1) is 29.6 Å². The van der Waals surface area contributed by atoms with Crippen LogP contribution in [0.15, 0.2) is 49.2 Å². The predicted octanol–water partition coefficient (Wildman–Crippen LogP) is 4.56. The zero-order valence-corrected chi connectivity index (χ0v) is 18.4. The quantitative estimate of drug-likeness (QED) is 0.467. The first-order chi connectivity index (χ1) is 15.8. The van der Waals surface area contributed by atoms with E-state index in [0.717, 1.165) is 66.2 Å². The third-order valence-electron chi connectivity index (χ3n) is 6.78. The van der Waals surface area contributed by atoms with Crippen molar-refractivity contribution in [3.63, 3.8) is 0 Å². The van der Waals surface area contributed by atoms with Gasteiger partial charge in [0.15, 0.2) is 0 Å². The van der Waals surface area contributed by atoms with Gasteiger partial charge in [-0.05, 0) is 61.8 Å². The van der Waals surface area contributed by atoms with Crippen LogP contribution in [0.25, 0.3) is 22.2 Å². The van der Waals surface area contributed by atoms with Crippen molar-refractivity contribution in [1.29, 1.82) is 0 Å². The number of aromatic nitrogens is 6. The molecular weight excluding hydrogens is 398 g/mol. The number of fused-ring (bicyclic) bond motifs is 1. The summed E-state index contributed by atoms with van der Waals surface area (Å²) >= 11 is 0. The summed E-state index contributed by atoms with van der Waals surface area (Å²) in [7, 11) is 0. The predicted molar refractivity (Wildman–Crippen MR) is 125 cm³/mol. The minimum atomic E-state index is 0.367. The van der Waals surface area contributed by atoms with E-state index in [-0.39, 0.29) is 0 Å². The Kier molecular flexibility index (Phi) is 4.82. The standard InChI is InChI=1S/C25H27N7/c1-2-22-21(4-3-9-26-22)23-12-18-15-30-32(24(18)16-27-23)20-7-10-31(11-8-20)25-28-13-19(14-29-25)17-5-6-17/h3-4,9,12-17,20H,2,5-8,10-11H2,1H3. The van der Waals surface area contributed by atoms with Crippen LogP contribution in [-0.2, 0) is 6.42 Å². The van der Waals surface area contributed by atoms with Gasteiger partial charge in [-0.2, -0.15) is 5.10 Å². The Morgan fingerprint density at radius 3 is 2.50 bits per heavy atom. The van der Waals surface area contributed by atoms with Crippen molar-refractivity contribution in [2.24, 2.45) is 0 Å². The summed E-state index contributed by atoms with van der Waals surface area (Å²) in [5, 5.41) is 5.87. The van der Waals surface area contributed by atoms with E-state index in [1.54, 1.807) is 0 Å². The number of piperidine rings is 1. The van der Waals surface area contributed by atoms with Crippen LogP contribution in [0.2, 0.25) is 0 Å². The summed E-state index contributed by atoms with van der Waals surface area (Å²) in [5.74, 6) is 1.55. The fourth-order valence-electron chi connectivity index (χ4n) is 4.77. The van der Waals surface area contributed by atoms with E-state index in [1.807, 2.05) is 37.1 Å². The van der Waals surface area contributed by atoms with Gasteiger partial charge in [-0.3, -0.25) is 14.6 Å². The average molecular weight is 426 g/mol. The van der Waals surface area contributed by atoms with Gasteiger partial charge in [0, 0.05) is 48.3 Å². The molecule has 6 rings (SSSR count). The second-order valence-electron chi connectivity index (χ2n) is 8.88. The maximum absolute atomic E-state index is 4.77. The van der Waals surface area contributed by atoms with E-state index < -0.39 is 0 Å². The minimum absolute atomic E-state index is 0.367. The highest BCUT2D eigenvalue weighted by molar-refractivity contribution is 5.82. The van der Waals surface area contributed by atoms with Crippen LogP contribution < -0.4 is 4.90 Å². The van der Waals surface area contributed by atoms with Crippen molar-refractivity contribution in [2.45, 2.75) is 51.0 Å². The molecule has 162 valence electrons. The molecule has 0 amide bonds. The van der Waals surface area contributed by atoms with Crippen LogP contribution in [0.4, 0.5) is 5.95 Å². The Bertz CT molecular complexity index is 1230. The number of pyridine rings is 2. The van der Waals surface area contributed by atoms with E-state index in [1.165, 1.54) is 18.4 Å². The number of nitrogens with zero attached hydrogens (tertiary/aromatic N) is 7. The summed E-state index contributed by atoms with van der Waals surface area (Å²) in [5.41, 5.74) is 5.52. The van der Waals surface area contributed by atoms with Crippen LogP contribution in [0.1, 0.15) is 55.8 Å². The Morgan fingerprint density at radius 2 is 1.75 bits per heavy atom. The molecule has 1 saturated heterocycles. The van der Waals surface area contributed by atoms with Gasteiger partial charge in [0.1, 0.15) is 0 Å². The smallest absolute Gasteiger partial charge is 0.225 e. The molecule has 0 radical (unpaired) electrons. The van der Waals surface area contributed by atoms with Crippen molar-refractivity contribution >= 4 is 16.9 Å². The molecule has 7 nitrogen and oxygen atoms in total. The van der Waals surface area contributed by atoms with Crippen LogP contribution in [0.3, 0.4) is 0 Å². The van der Waals surface area contributed by atoms with Gasteiger partial charge >= 0.3 is 0 Å². The molecule has 0 aromatic carbocycles. The second-order valence-corrected chi connectivity index (χ2v) is 8.88. The Hall–Kier alpha value is -3.35. The molecule has 1 aliphatic carbocycles. The molecular formula is C25H27N7. The van der Waals surface area contributed by atoms with Crippen LogP contribution in [0, 0.1) is 0 Å². The van der Waals surface area contributed by atoms with Gasteiger partial charge in [-0.1, -0.05) is 6.92 Å². The molecule has 5 heterocycles. The lowest BCUT2D eigenvalue weighted by atomic mass is 10.0. The monoisotopic (exact) mass is 425 g/mol. The van der Waals surface area contributed by atoms with Gasteiger partial charge in [0.2, 0.25) is 5.95 Å². The molecule has 0 atom stereocenters. The highest BCUT2D eigenvalue weighted by Gasteiger charge is 2.26. The zero-order chi connectivity index (χ0) is 21.5. The van der Waals surface area contributed by atoms with Crippen molar-refractivity contribution in [3.05, 3.63) is 60.4 Å². The Balaban J connectivity index is 1.19. The van der Waals surface area contributed by atoms with Gasteiger partial charge in [0.25, 0.3) is 0 Å². The first-order valence-corrected chi connectivity index (χ1v) is 11.6. The maximum Gasteiger partial charge on any atom is 0.225 e. The molecule has 1 saturated carbocycles. The van der Waals surface area contributed by atoms with Crippen LogP contribution in [0.5, 0.6) is 0 Å². The highest BCUT2D eigenvalue weighted by atomic mass is 15.3. The largest absolute Gasteiger partial charge is 0.341 e. The van der Waals surface area contributed by atoms with Crippen molar-refractivity contribution in [2.75, 3.05) is 18.0 Å². The lowest BCUT2D eigenvalue weighted by molar-refractivity contribution is 0.373. The van der Waals surface area contributed by atoms with Crippen molar-refractivity contribution in [3.8, 4) is 11.3 Å². The second kappa shape index (κ2) is 7.97. The number of aryl methyl sites for hydroxylation is 1. The third kappa shape index (κ3) is 3.51. The Labute approximate surface area is 187 Å². The van der Waals surface area contributed by atoms with Crippen LogP contribution >= 0.6 is 0 Å². The molecule has 0 N–H and O–H groups in total. The van der Waals surface area contributed by atoms with Crippen molar-refractivity contribution in [1.82, 2.24) is 29.7 Å². The summed E-state index contributed by atoms with van der Waals surface area (Å²) in [6.07, 6.45) is 15.3. The lowest BCUT2D eigenvalue weighted by Gasteiger charge is -2.32. The van der Waals surface area contributed by atoms with E-state index in [2.05, 4.69) is 43.6 Å². The summed E-state index contributed by atoms with van der Waals surface area (Å²) in [4.78, 5) is 20.8. The summed E-state index contributed by atoms with van der Waals surface area (Å²) in [6, 6.07) is 6.58. The van der Waals surface area contributed by atoms with E-state index in [0.29, 0.717) is 12.0 Å². The van der Waals surface area contributed by atoms with Crippen LogP contribution in [-0.4, -0.2) is 42.8 Å². The van der Waals surface area contributed by atoms with E-state index in [4.69, 9.17) is 10.1 Å². The number of rotatable bonds is 5. The molecule has 4 aromatic heterocycles. The lowest BCUT2D eigenvalue weighted by Crippen LogP contribution is -2.36. The molecule has 0 spiro atoms. The average Bonchev–Trinajstić information content (AvgIpc) is 3.63. The maximum atomic E-state index is 4.77. The van der Waals surface area contributed by atoms with Gasteiger partial charge in [-0.25, -0.2) is 9.97 Å². The highest BCUT2D eigenvalue weighted by Crippen LogP contribution is 2.39. The minimum Gasteiger partial charge on any atom is -0.341 e. The molecule has 32 heavy (non-hydrogen) atoms. The fraction of sp³-hybridized carbons (Fsp3) is 0.400. The van der Waals surface area contributed by atoms with E-state index in [9.17, 15) is 0 Å². The normalized spacial score (nSPS) is 17.2.